The van der Waals surface area contributed by atoms with Crippen LogP contribution in [0.3, 0.4) is 0 Å². The van der Waals surface area contributed by atoms with Gasteiger partial charge < -0.3 is 33.5 Å². The monoisotopic (exact) mass is 497 g/mol. The van der Waals surface area contributed by atoms with Crippen molar-refractivity contribution in [3.05, 3.63) is 47.5 Å². The van der Waals surface area contributed by atoms with Crippen LogP contribution in [0, 0.1) is 0 Å². The number of morpholine rings is 1. The molecule has 0 bridgehead atoms. The molecule has 3 heterocycles. The van der Waals surface area contributed by atoms with E-state index in [1.165, 1.54) is 0 Å². The second-order valence-corrected chi connectivity index (χ2v) is 8.94. The van der Waals surface area contributed by atoms with E-state index in [4.69, 9.17) is 23.7 Å². The van der Waals surface area contributed by atoms with Crippen molar-refractivity contribution in [3.8, 4) is 23.0 Å². The molecule has 2 aromatic rings. The third-order valence-electron chi connectivity index (χ3n) is 6.81. The summed E-state index contributed by atoms with van der Waals surface area (Å²) in [4.78, 5) is 32.3. The van der Waals surface area contributed by atoms with Crippen LogP contribution in [-0.2, 0) is 4.74 Å². The molecule has 0 saturated carbocycles. The summed E-state index contributed by atoms with van der Waals surface area (Å²) < 4.78 is 27.5. The third-order valence-corrected chi connectivity index (χ3v) is 6.81. The zero-order valence-corrected chi connectivity index (χ0v) is 20.6. The van der Waals surface area contributed by atoms with E-state index in [1.54, 1.807) is 50.6 Å². The predicted molar refractivity (Wildman–Crippen MR) is 130 cm³/mol. The number of rotatable bonds is 6. The van der Waals surface area contributed by atoms with Crippen molar-refractivity contribution in [1.29, 1.82) is 0 Å². The fourth-order valence-corrected chi connectivity index (χ4v) is 4.87. The van der Waals surface area contributed by atoms with Crippen molar-refractivity contribution in [2.45, 2.75) is 6.10 Å². The van der Waals surface area contributed by atoms with Crippen LogP contribution in [0.1, 0.15) is 20.7 Å². The summed E-state index contributed by atoms with van der Waals surface area (Å²) in [6.07, 6.45) is -0.0896. The molecule has 2 amide bonds. The summed E-state index contributed by atoms with van der Waals surface area (Å²) in [5.41, 5.74) is 1.03. The van der Waals surface area contributed by atoms with E-state index in [0.29, 0.717) is 73.5 Å². The zero-order chi connectivity index (χ0) is 25.1. The second kappa shape index (κ2) is 10.6. The van der Waals surface area contributed by atoms with Crippen LogP contribution in [0.5, 0.6) is 23.0 Å². The number of fused-ring (bicyclic) bond motifs is 1. The van der Waals surface area contributed by atoms with Gasteiger partial charge in [-0.2, -0.15) is 0 Å². The molecule has 1 unspecified atom stereocenters. The van der Waals surface area contributed by atoms with Crippen LogP contribution in [0.25, 0.3) is 0 Å². The second-order valence-electron chi connectivity index (χ2n) is 8.94. The zero-order valence-electron chi connectivity index (χ0n) is 20.6. The highest BCUT2D eigenvalue weighted by molar-refractivity contribution is 5.99. The van der Waals surface area contributed by atoms with Crippen molar-refractivity contribution in [2.24, 2.45) is 0 Å². The third kappa shape index (κ3) is 4.91. The topological polar surface area (TPSA) is 90.0 Å². The molecule has 10 nitrogen and oxygen atoms in total. The Morgan fingerprint density at radius 2 is 1.61 bits per heavy atom. The van der Waals surface area contributed by atoms with Gasteiger partial charge in [0, 0.05) is 51.4 Å². The van der Waals surface area contributed by atoms with Crippen molar-refractivity contribution in [2.75, 3.05) is 73.4 Å². The smallest absolute Gasteiger partial charge is 0.261 e. The molecule has 2 fully saturated rings. The maximum atomic E-state index is 13.2. The highest BCUT2D eigenvalue weighted by Crippen LogP contribution is 2.33. The molecule has 0 spiro atoms. The first-order valence-corrected chi connectivity index (χ1v) is 12.1. The molecule has 3 aliphatic heterocycles. The van der Waals surface area contributed by atoms with Gasteiger partial charge in [0.2, 0.25) is 6.79 Å². The molecule has 5 rings (SSSR count). The fraction of sp³-hybridized carbons (Fsp3) is 0.462. The lowest BCUT2D eigenvalue weighted by molar-refractivity contribution is -0.0400. The summed E-state index contributed by atoms with van der Waals surface area (Å²) >= 11 is 0. The number of amides is 2. The number of carbonyl (C=O) groups is 2. The Balaban J connectivity index is 1.15. The Hall–Kier alpha value is -3.50. The summed E-state index contributed by atoms with van der Waals surface area (Å²) in [5.74, 6) is 2.13. The minimum absolute atomic E-state index is 0.0391. The number of nitrogens with zero attached hydrogens (tertiary/aromatic N) is 3. The standard InChI is InChI=1S/C26H31N3O7/c1-32-21-4-3-5-22(33-2)24(21)26(31)28-10-8-27(9-11-28)15-19-16-29(12-13-34-19)25(30)18-6-7-20-23(14-18)36-17-35-20/h3-7,14,19H,8-13,15-17H2,1-2H3. The maximum absolute atomic E-state index is 13.2. The molecule has 10 heteroatoms. The fourth-order valence-electron chi connectivity index (χ4n) is 4.87. The first-order chi connectivity index (χ1) is 17.6. The largest absolute Gasteiger partial charge is 0.496 e. The molecule has 0 N–H and O–H groups in total. The minimum Gasteiger partial charge on any atom is -0.496 e. The molecule has 0 radical (unpaired) electrons. The van der Waals surface area contributed by atoms with Gasteiger partial charge in [-0.15, -0.1) is 0 Å². The average molecular weight is 498 g/mol. The number of carbonyl (C=O) groups excluding carboxylic acids is 2. The number of hydrogen-bond acceptors (Lipinski definition) is 8. The molecule has 1 atom stereocenters. The van der Waals surface area contributed by atoms with E-state index < -0.39 is 0 Å². The average Bonchev–Trinajstić information content (AvgIpc) is 3.40. The van der Waals surface area contributed by atoms with Crippen LogP contribution < -0.4 is 18.9 Å². The molecule has 36 heavy (non-hydrogen) atoms. The quantitative estimate of drug-likeness (QED) is 0.596. The molecule has 0 aromatic heterocycles. The van der Waals surface area contributed by atoms with Crippen LogP contribution in [-0.4, -0.2) is 106 Å². The summed E-state index contributed by atoms with van der Waals surface area (Å²) in [6, 6.07) is 10.6. The van der Waals surface area contributed by atoms with Gasteiger partial charge in [0.25, 0.3) is 11.8 Å². The molecular weight excluding hydrogens is 466 g/mol. The SMILES string of the molecule is COc1cccc(OC)c1C(=O)N1CCN(CC2CN(C(=O)c3ccc4c(c3)OCO4)CCO2)CC1. The van der Waals surface area contributed by atoms with Crippen molar-refractivity contribution in [1.82, 2.24) is 14.7 Å². The van der Waals surface area contributed by atoms with Gasteiger partial charge in [0.15, 0.2) is 11.5 Å². The molecule has 0 aliphatic carbocycles. The molecule has 192 valence electrons. The Morgan fingerprint density at radius 3 is 2.33 bits per heavy atom. The summed E-state index contributed by atoms with van der Waals surface area (Å²) in [6.45, 7) is 5.06. The van der Waals surface area contributed by atoms with E-state index in [-0.39, 0.29) is 24.7 Å². The van der Waals surface area contributed by atoms with Crippen LogP contribution in [0.2, 0.25) is 0 Å². The van der Waals surface area contributed by atoms with Crippen LogP contribution in [0.15, 0.2) is 36.4 Å². The molecular formula is C26H31N3O7. The number of benzene rings is 2. The van der Waals surface area contributed by atoms with Gasteiger partial charge in [-0.25, -0.2) is 0 Å². The Labute approximate surface area is 210 Å². The summed E-state index contributed by atoms with van der Waals surface area (Å²) in [7, 11) is 3.10. The first kappa shape index (κ1) is 24.2. The van der Waals surface area contributed by atoms with E-state index in [1.807, 2.05) is 9.80 Å². The van der Waals surface area contributed by atoms with E-state index in [0.717, 1.165) is 13.1 Å². The first-order valence-electron chi connectivity index (χ1n) is 12.1. The number of ether oxygens (including phenoxy) is 5. The van der Waals surface area contributed by atoms with Gasteiger partial charge in [-0.1, -0.05) is 6.07 Å². The van der Waals surface area contributed by atoms with Crippen LogP contribution in [0.4, 0.5) is 0 Å². The van der Waals surface area contributed by atoms with Crippen molar-refractivity contribution >= 4 is 11.8 Å². The van der Waals surface area contributed by atoms with Gasteiger partial charge in [0.1, 0.15) is 17.1 Å². The number of piperazine rings is 1. The van der Waals surface area contributed by atoms with E-state index in [9.17, 15) is 9.59 Å². The lowest BCUT2D eigenvalue weighted by Gasteiger charge is -2.39. The van der Waals surface area contributed by atoms with Gasteiger partial charge in [-0.05, 0) is 30.3 Å². The van der Waals surface area contributed by atoms with Crippen molar-refractivity contribution < 1.29 is 33.3 Å². The molecule has 2 saturated heterocycles. The Bertz CT molecular complexity index is 1090. The van der Waals surface area contributed by atoms with E-state index in [2.05, 4.69) is 4.90 Å². The highest BCUT2D eigenvalue weighted by atomic mass is 16.7. The normalized spacial score (nSPS) is 19.8. The van der Waals surface area contributed by atoms with Gasteiger partial charge >= 0.3 is 0 Å². The number of methoxy groups -OCH3 is 2. The lowest BCUT2D eigenvalue weighted by Crippen LogP contribution is -2.54. The molecule has 2 aromatic carbocycles. The maximum Gasteiger partial charge on any atom is 0.261 e. The van der Waals surface area contributed by atoms with Gasteiger partial charge in [-0.3, -0.25) is 14.5 Å². The molecule has 3 aliphatic rings. The van der Waals surface area contributed by atoms with Crippen LogP contribution >= 0.6 is 0 Å². The Kier molecular flexibility index (Phi) is 7.15. The van der Waals surface area contributed by atoms with Gasteiger partial charge in [0.05, 0.1) is 26.9 Å². The summed E-state index contributed by atoms with van der Waals surface area (Å²) in [5, 5.41) is 0. The minimum atomic E-state index is -0.0987. The van der Waals surface area contributed by atoms with Crippen molar-refractivity contribution in [3.63, 3.8) is 0 Å². The Morgan fingerprint density at radius 1 is 0.889 bits per heavy atom. The lowest BCUT2D eigenvalue weighted by atomic mass is 10.1. The number of hydrogen-bond donors (Lipinski definition) is 0. The highest BCUT2D eigenvalue weighted by Gasteiger charge is 2.31. The predicted octanol–water partition coefficient (Wildman–Crippen LogP) is 1.73. The van der Waals surface area contributed by atoms with E-state index >= 15 is 0 Å².